The summed E-state index contributed by atoms with van der Waals surface area (Å²) in [7, 11) is 0. The number of rotatable bonds is 9. The molecule has 7 heteroatoms. The van der Waals surface area contributed by atoms with Gasteiger partial charge in [0.25, 0.3) is 5.91 Å². The monoisotopic (exact) mass is 342 g/mol. The highest BCUT2D eigenvalue weighted by molar-refractivity contribution is 5.96. The fourth-order valence-corrected chi connectivity index (χ4v) is 2.41. The van der Waals surface area contributed by atoms with Gasteiger partial charge in [0.05, 0.1) is 6.20 Å². The quantitative estimate of drug-likeness (QED) is 0.556. The van der Waals surface area contributed by atoms with Gasteiger partial charge in [-0.2, -0.15) is 0 Å². The van der Waals surface area contributed by atoms with E-state index in [0.717, 1.165) is 30.5 Å². The Morgan fingerprint density at radius 2 is 2.16 bits per heavy atom. The number of nitrogens with two attached hydrogens (primary N) is 2. The molecular weight excluding hydrogens is 316 g/mol. The van der Waals surface area contributed by atoms with E-state index in [1.165, 1.54) is 6.20 Å². The second-order valence-corrected chi connectivity index (χ2v) is 6.09. The third-order valence-electron chi connectivity index (χ3n) is 3.76. The number of hydrogen-bond acceptors (Lipinski definition) is 6. The molecule has 7 nitrogen and oxygen atoms in total. The lowest BCUT2D eigenvalue weighted by atomic mass is 10.1. The lowest BCUT2D eigenvalue weighted by Crippen LogP contribution is -2.29. The molecule has 2 aromatic rings. The highest BCUT2D eigenvalue weighted by Gasteiger charge is 2.13. The lowest BCUT2D eigenvalue weighted by Gasteiger charge is -2.14. The second-order valence-electron chi connectivity index (χ2n) is 6.09. The number of hydrogen-bond donors (Lipinski definition) is 4. The number of nitrogens with zero attached hydrogens (tertiary/aromatic N) is 2. The van der Waals surface area contributed by atoms with Crippen LogP contribution in [-0.4, -0.2) is 28.5 Å². The van der Waals surface area contributed by atoms with E-state index in [2.05, 4.69) is 27.5 Å². The summed E-state index contributed by atoms with van der Waals surface area (Å²) in [6, 6.07) is 7.80. The number of anilines is 3. The van der Waals surface area contributed by atoms with Gasteiger partial charge in [0.1, 0.15) is 5.82 Å². The summed E-state index contributed by atoms with van der Waals surface area (Å²) in [5.74, 6) is 0.242. The molecule has 0 fully saturated rings. The molecule has 25 heavy (non-hydrogen) atoms. The van der Waals surface area contributed by atoms with E-state index in [4.69, 9.17) is 11.5 Å². The molecule has 1 amide bonds. The van der Waals surface area contributed by atoms with Crippen molar-refractivity contribution in [3.05, 3.63) is 41.7 Å². The van der Waals surface area contributed by atoms with Crippen molar-refractivity contribution in [1.82, 2.24) is 9.97 Å². The number of primary amides is 1. The molecule has 0 aliphatic rings. The zero-order chi connectivity index (χ0) is 18.2. The van der Waals surface area contributed by atoms with E-state index < -0.39 is 5.91 Å². The molecule has 0 aliphatic carbocycles. The molecule has 1 aromatic carbocycles. The summed E-state index contributed by atoms with van der Waals surface area (Å²) in [5, 5.41) is 6.28. The number of carbonyl (C=O) groups is 1. The second kappa shape index (κ2) is 8.98. The van der Waals surface area contributed by atoms with Crippen molar-refractivity contribution in [3.8, 4) is 0 Å². The van der Waals surface area contributed by atoms with Gasteiger partial charge < -0.3 is 22.1 Å². The van der Waals surface area contributed by atoms with Gasteiger partial charge in [-0.1, -0.05) is 31.9 Å². The van der Waals surface area contributed by atoms with Crippen LogP contribution in [0.5, 0.6) is 0 Å². The number of aryl methyl sites for hydroxylation is 1. The van der Waals surface area contributed by atoms with Gasteiger partial charge >= 0.3 is 0 Å². The number of unbranched alkanes of at least 4 members (excludes halogenated alkanes) is 1. The zero-order valence-corrected chi connectivity index (χ0v) is 14.7. The third kappa shape index (κ3) is 5.72. The highest BCUT2D eigenvalue weighted by Crippen LogP contribution is 2.20. The Hall–Kier alpha value is -2.67. The number of aromatic nitrogens is 2. The maximum Gasteiger partial charge on any atom is 0.271 e. The van der Waals surface area contributed by atoms with Crippen LogP contribution in [0, 0.1) is 6.92 Å². The summed E-state index contributed by atoms with van der Waals surface area (Å²) in [4.78, 5) is 20.2. The predicted molar refractivity (Wildman–Crippen MR) is 101 cm³/mol. The Morgan fingerprint density at radius 3 is 2.84 bits per heavy atom. The molecule has 0 spiro atoms. The van der Waals surface area contributed by atoms with Crippen molar-refractivity contribution in [3.63, 3.8) is 0 Å². The molecule has 0 saturated heterocycles. The van der Waals surface area contributed by atoms with Crippen LogP contribution in [0.2, 0.25) is 0 Å². The normalized spacial score (nSPS) is 11.8. The maximum absolute atomic E-state index is 11.6. The number of benzene rings is 1. The van der Waals surface area contributed by atoms with E-state index >= 15 is 0 Å². The molecule has 1 aromatic heterocycles. The van der Waals surface area contributed by atoms with E-state index in [0.29, 0.717) is 18.2 Å². The van der Waals surface area contributed by atoms with Crippen LogP contribution in [0.3, 0.4) is 0 Å². The predicted octanol–water partition coefficient (Wildman–Crippen LogP) is 2.56. The largest absolute Gasteiger partial charge is 0.367 e. The molecular formula is C18H26N6O. The van der Waals surface area contributed by atoms with E-state index in [1.54, 1.807) is 0 Å². The van der Waals surface area contributed by atoms with Gasteiger partial charge in [0.15, 0.2) is 11.5 Å². The van der Waals surface area contributed by atoms with E-state index in [9.17, 15) is 4.79 Å². The molecule has 2 rings (SSSR count). The summed E-state index contributed by atoms with van der Waals surface area (Å²) in [5.41, 5.74) is 13.5. The molecule has 0 bridgehead atoms. The minimum atomic E-state index is -0.631. The van der Waals surface area contributed by atoms with Gasteiger partial charge in [-0.25, -0.2) is 9.97 Å². The molecule has 134 valence electrons. The van der Waals surface area contributed by atoms with Gasteiger partial charge in [-0.3, -0.25) is 4.79 Å². The van der Waals surface area contributed by atoms with E-state index in [-0.39, 0.29) is 11.7 Å². The highest BCUT2D eigenvalue weighted by atomic mass is 16.1. The first kappa shape index (κ1) is 18.7. The number of carbonyl (C=O) groups excluding carboxylic acids is 1. The minimum Gasteiger partial charge on any atom is -0.367 e. The zero-order valence-electron chi connectivity index (χ0n) is 14.7. The van der Waals surface area contributed by atoms with E-state index in [1.807, 2.05) is 31.2 Å². The average Bonchev–Trinajstić information content (AvgIpc) is 2.58. The summed E-state index contributed by atoms with van der Waals surface area (Å²) in [6.45, 7) is 4.72. The molecule has 1 unspecified atom stereocenters. The first-order valence-electron chi connectivity index (χ1n) is 8.49. The Bertz CT molecular complexity index is 718. The van der Waals surface area contributed by atoms with Crippen LogP contribution in [0.1, 0.15) is 42.2 Å². The van der Waals surface area contributed by atoms with Gasteiger partial charge in [0, 0.05) is 18.3 Å². The first-order valence-corrected chi connectivity index (χ1v) is 8.49. The first-order chi connectivity index (χ1) is 12.0. The van der Waals surface area contributed by atoms with Crippen molar-refractivity contribution in [2.45, 2.75) is 39.2 Å². The van der Waals surface area contributed by atoms with Crippen LogP contribution in [0.15, 0.2) is 30.5 Å². The van der Waals surface area contributed by atoms with Gasteiger partial charge in [0.2, 0.25) is 0 Å². The Kier molecular flexibility index (Phi) is 6.71. The van der Waals surface area contributed by atoms with Gasteiger partial charge in [-0.15, -0.1) is 0 Å². The molecule has 1 atom stereocenters. The summed E-state index contributed by atoms with van der Waals surface area (Å²) in [6.07, 6.45) is 4.65. The molecule has 1 heterocycles. The minimum absolute atomic E-state index is 0.0470. The smallest absolute Gasteiger partial charge is 0.271 e. The fourth-order valence-electron chi connectivity index (χ4n) is 2.41. The van der Waals surface area contributed by atoms with Crippen LogP contribution in [-0.2, 0) is 0 Å². The SMILES string of the molecule is CCCCC(N)CNc1cnc(C(N)=O)c(Nc2cccc(C)c2)n1. The van der Waals surface area contributed by atoms with Crippen molar-refractivity contribution < 1.29 is 4.79 Å². The van der Waals surface area contributed by atoms with Crippen LogP contribution in [0.25, 0.3) is 0 Å². The average molecular weight is 342 g/mol. The summed E-state index contributed by atoms with van der Waals surface area (Å²) < 4.78 is 0. The standard InChI is InChI=1S/C18H26N6O/c1-3-4-7-13(19)10-21-15-11-22-16(17(20)25)18(24-15)23-14-8-5-6-12(2)9-14/h5-6,8-9,11,13H,3-4,7,10,19H2,1-2H3,(H2,20,25)(H2,21,23,24). The Morgan fingerprint density at radius 1 is 1.36 bits per heavy atom. The lowest BCUT2D eigenvalue weighted by molar-refractivity contribution is 0.0996. The van der Waals surface area contributed by atoms with Crippen molar-refractivity contribution in [2.24, 2.45) is 11.5 Å². The Labute approximate surface area is 148 Å². The van der Waals surface area contributed by atoms with Crippen LogP contribution in [0.4, 0.5) is 17.3 Å². The van der Waals surface area contributed by atoms with Crippen molar-refractivity contribution >= 4 is 23.2 Å². The van der Waals surface area contributed by atoms with Crippen LogP contribution < -0.4 is 22.1 Å². The Balaban J connectivity index is 2.14. The number of amides is 1. The van der Waals surface area contributed by atoms with Crippen molar-refractivity contribution in [2.75, 3.05) is 17.2 Å². The molecule has 6 N–H and O–H groups in total. The van der Waals surface area contributed by atoms with Crippen molar-refractivity contribution in [1.29, 1.82) is 0 Å². The fraction of sp³-hybridized carbons (Fsp3) is 0.389. The van der Waals surface area contributed by atoms with Crippen LogP contribution >= 0.6 is 0 Å². The van der Waals surface area contributed by atoms with Gasteiger partial charge in [-0.05, 0) is 31.0 Å². The number of nitrogens with one attached hydrogen (secondary N) is 2. The summed E-state index contributed by atoms with van der Waals surface area (Å²) >= 11 is 0. The maximum atomic E-state index is 11.6. The third-order valence-corrected chi connectivity index (χ3v) is 3.76. The molecule has 0 saturated carbocycles. The molecule has 0 aliphatic heterocycles. The topological polar surface area (TPSA) is 119 Å². The molecule has 0 radical (unpaired) electrons.